The Labute approximate surface area is 177 Å². The fourth-order valence-corrected chi connectivity index (χ4v) is 3.14. The first-order chi connectivity index (χ1) is 14.4. The number of carbonyl (C=O) groups excluding carboxylic acids is 1. The molecule has 0 aliphatic carbocycles. The number of ether oxygens (including phenoxy) is 2. The fraction of sp³-hybridized carbons (Fsp3) is 0.250. The van der Waals surface area contributed by atoms with Gasteiger partial charge in [0, 0.05) is 23.4 Å². The number of amides is 1. The SMILES string of the molecule is COc1ccc(OC(C)C)c(NC(=O)/C=C/c2c(C)nn(-c3ccccc3)c2C)c1. The summed E-state index contributed by atoms with van der Waals surface area (Å²) >= 11 is 0. The lowest BCUT2D eigenvalue weighted by atomic mass is 10.1. The summed E-state index contributed by atoms with van der Waals surface area (Å²) in [4.78, 5) is 12.6. The molecular formula is C24H27N3O3. The highest BCUT2D eigenvalue weighted by Crippen LogP contribution is 2.30. The van der Waals surface area contributed by atoms with Gasteiger partial charge in [-0.15, -0.1) is 0 Å². The maximum atomic E-state index is 12.6. The predicted molar refractivity (Wildman–Crippen MR) is 119 cm³/mol. The van der Waals surface area contributed by atoms with Gasteiger partial charge in [-0.1, -0.05) is 18.2 Å². The average molecular weight is 405 g/mol. The minimum absolute atomic E-state index is 0.0151. The van der Waals surface area contributed by atoms with Crippen LogP contribution in [0, 0.1) is 13.8 Å². The molecule has 3 rings (SSSR count). The van der Waals surface area contributed by atoms with E-state index in [0.717, 1.165) is 22.6 Å². The molecule has 2 aromatic carbocycles. The van der Waals surface area contributed by atoms with Crippen LogP contribution in [0.3, 0.4) is 0 Å². The summed E-state index contributed by atoms with van der Waals surface area (Å²) in [5, 5.41) is 7.49. The fourth-order valence-electron chi connectivity index (χ4n) is 3.14. The summed E-state index contributed by atoms with van der Waals surface area (Å²) in [5.41, 5.74) is 4.28. The van der Waals surface area contributed by atoms with E-state index in [2.05, 4.69) is 10.4 Å². The number of aryl methyl sites for hydroxylation is 1. The van der Waals surface area contributed by atoms with E-state index in [1.807, 2.05) is 62.7 Å². The van der Waals surface area contributed by atoms with Crippen LogP contribution < -0.4 is 14.8 Å². The van der Waals surface area contributed by atoms with E-state index < -0.39 is 0 Å². The van der Waals surface area contributed by atoms with Crippen molar-refractivity contribution in [3.8, 4) is 17.2 Å². The van der Waals surface area contributed by atoms with Crippen LogP contribution in [0.25, 0.3) is 11.8 Å². The number of nitrogens with one attached hydrogen (secondary N) is 1. The van der Waals surface area contributed by atoms with Crippen molar-refractivity contribution in [1.82, 2.24) is 9.78 Å². The number of aromatic nitrogens is 2. The molecule has 1 amide bonds. The molecule has 0 aliphatic rings. The lowest BCUT2D eigenvalue weighted by Crippen LogP contribution is -2.12. The zero-order chi connectivity index (χ0) is 21.7. The van der Waals surface area contributed by atoms with E-state index in [1.165, 1.54) is 6.08 Å². The van der Waals surface area contributed by atoms with Crippen molar-refractivity contribution in [2.75, 3.05) is 12.4 Å². The van der Waals surface area contributed by atoms with Crippen LogP contribution in [0.4, 0.5) is 5.69 Å². The molecule has 1 N–H and O–H groups in total. The zero-order valence-corrected chi connectivity index (χ0v) is 18.0. The summed E-state index contributed by atoms with van der Waals surface area (Å²) in [5.74, 6) is 0.973. The van der Waals surface area contributed by atoms with Gasteiger partial charge in [0.05, 0.1) is 30.3 Å². The number of para-hydroxylation sites is 1. The molecule has 156 valence electrons. The molecule has 0 aliphatic heterocycles. The lowest BCUT2D eigenvalue weighted by molar-refractivity contribution is -0.111. The quantitative estimate of drug-likeness (QED) is 0.566. The molecule has 3 aromatic rings. The van der Waals surface area contributed by atoms with Crippen molar-refractivity contribution in [3.63, 3.8) is 0 Å². The molecule has 0 atom stereocenters. The minimum Gasteiger partial charge on any atom is -0.497 e. The Bertz CT molecular complexity index is 1050. The Morgan fingerprint density at radius 3 is 2.53 bits per heavy atom. The van der Waals surface area contributed by atoms with Gasteiger partial charge in [-0.2, -0.15) is 5.10 Å². The Balaban J connectivity index is 1.81. The molecule has 0 unspecified atom stereocenters. The third kappa shape index (κ3) is 4.89. The second kappa shape index (κ2) is 9.31. The summed E-state index contributed by atoms with van der Waals surface area (Å²) in [6, 6.07) is 15.2. The van der Waals surface area contributed by atoms with E-state index in [9.17, 15) is 4.79 Å². The normalized spacial score (nSPS) is 11.1. The van der Waals surface area contributed by atoms with Crippen molar-refractivity contribution in [1.29, 1.82) is 0 Å². The summed E-state index contributed by atoms with van der Waals surface area (Å²) < 4.78 is 12.9. The molecule has 0 saturated carbocycles. The number of nitrogens with zero attached hydrogens (tertiary/aromatic N) is 2. The minimum atomic E-state index is -0.261. The van der Waals surface area contributed by atoms with E-state index in [-0.39, 0.29) is 12.0 Å². The van der Waals surface area contributed by atoms with Gasteiger partial charge in [0.25, 0.3) is 0 Å². The van der Waals surface area contributed by atoms with Crippen molar-refractivity contribution in [2.45, 2.75) is 33.8 Å². The van der Waals surface area contributed by atoms with Crippen LogP contribution in [-0.2, 0) is 4.79 Å². The van der Waals surface area contributed by atoms with Gasteiger partial charge >= 0.3 is 0 Å². The first kappa shape index (κ1) is 21.2. The molecule has 0 fully saturated rings. The highest BCUT2D eigenvalue weighted by Gasteiger charge is 2.12. The van der Waals surface area contributed by atoms with Crippen LogP contribution >= 0.6 is 0 Å². The van der Waals surface area contributed by atoms with E-state index in [4.69, 9.17) is 9.47 Å². The van der Waals surface area contributed by atoms with Crippen LogP contribution in [0.2, 0.25) is 0 Å². The average Bonchev–Trinajstić information content (AvgIpc) is 3.01. The predicted octanol–water partition coefficient (Wildman–Crippen LogP) is 4.94. The Kier molecular flexibility index (Phi) is 6.57. The van der Waals surface area contributed by atoms with Gasteiger partial charge in [0.1, 0.15) is 11.5 Å². The number of hydrogen-bond donors (Lipinski definition) is 1. The van der Waals surface area contributed by atoms with Gasteiger partial charge in [-0.3, -0.25) is 4.79 Å². The molecule has 0 spiro atoms. The number of benzene rings is 2. The lowest BCUT2D eigenvalue weighted by Gasteiger charge is -2.15. The maximum absolute atomic E-state index is 12.6. The van der Waals surface area contributed by atoms with Gasteiger partial charge in [-0.05, 0) is 58.0 Å². The number of anilines is 1. The van der Waals surface area contributed by atoms with Gasteiger partial charge < -0.3 is 14.8 Å². The zero-order valence-electron chi connectivity index (χ0n) is 18.0. The van der Waals surface area contributed by atoms with Crippen LogP contribution in [-0.4, -0.2) is 28.9 Å². The molecule has 6 nitrogen and oxygen atoms in total. The Hall–Kier alpha value is -3.54. The van der Waals surface area contributed by atoms with Crippen molar-refractivity contribution >= 4 is 17.7 Å². The van der Waals surface area contributed by atoms with E-state index in [1.54, 1.807) is 31.4 Å². The third-order valence-corrected chi connectivity index (χ3v) is 4.56. The molecule has 0 radical (unpaired) electrons. The van der Waals surface area contributed by atoms with Crippen molar-refractivity contribution in [3.05, 3.63) is 71.6 Å². The number of hydrogen-bond acceptors (Lipinski definition) is 4. The molecule has 30 heavy (non-hydrogen) atoms. The van der Waals surface area contributed by atoms with Crippen molar-refractivity contribution < 1.29 is 14.3 Å². The summed E-state index contributed by atoms with van der Waals surface area (Å²) in [6.45, 7) is 7.79. The number of methoxy groups -OCH3 is 1. The number of carbonyl (C=O) groups is 1. The largest absolute Gasteiger partial charge is 0.497 e. The topological polar surface area (TPSA) is 65.4 Å². The van der Waals surface area contributed by atoms with Crippen molar-refractivity contribution in [2.24, 2.45) is 0 Å². The van der Waals surface area contributed by atoms with Crippen LogP contribution in [0.1, 0.15) is 30.8 Å². The molecular weight excluding hydrogens is 378 g/mol. The number of rotatable bonds is 7. The van der Waals surface area contributed by atoms with E-state index in [0.29, 0.717) is 17.2 Å². The first-order valence-corrected chi connectivity index (χ1v) is 9.84. The van der Waals surface area contributed by atoms with Crippen LogP contribution in [0.5, 0.6) is 11.5 Å². The second-order valence-electron chi connectivity index (χ2n) is 7.18. The standard InChI is InChI=1S/C24H27N3O3/c1-16(2)30-23-13-11-20(29-5)15-22(23)25-24(28)14-12-21-17(3)26-27(18(21)4)19-9-7-6-8-10-19/h6-16H,1-5H3,(H,25,28)/b14-12+. The van der Waals surface area contributed by atoms with Gasteiger partial charge in [0.2, 0.25) is 5.91 Å². The molecule has 6 heteroatoms. The molecule has 0 bridgehead atoms. The Morgan fingerprint density at radius 1 is 1.13 bits per heavy atom. The highest BCUT2D eigenvalue weighted by molar-refractivity contribution is 6.03. The second-order valence-corrected chi connectivity index (χ2v) is 7.18. The maximum Gasteiger partial charge on any atom is 0.248 e. The molecule has 1 aromatic heterocycles. The monoisotopic (exact) mass is 405 g/mol. The molecule has 0 saturated heterocycles. The summed E-state index contributed by atoms with van der Waals surface area (Å²) in [6.07, 6.45) is 3.28. The third-order valence-electron chi connectivity index (χ3n) is 4.56. The first-order valence-electron chi connectivity index (χ1n) is 9.84. The highest BCUT2D eigenvalue weighted by atomic mass is 16.5. The van der Waals surface area contributed by atoms with E-state index >= 15 is 0 Å². The van der Waals surface area contributed by atoms with Gasteiger partial charge in [-0.25, -0.2) is 4.68 Å². The Morgan fingerprint density at radius 2 is 1.87 bits per heavy atom. The molecule has 1 heterocycles. The van der Waals surface area contributed by atoms with Gasteiger partial charge in [0.15, 0.2) is 0 Å². The van der Waals surface area contributed by atoms with Crippen LogP contribution in [0.15, 0.2) is 54.6 Å². The smallest absolute Gasteiger partial charge is 0.248 e. The summed E-state index contributed by atoms with van der Waals surface area (Å²) in [7, 11) is 1.58.